The fourth-order valence-corrected chi connectivity index (χ4v) is 2.65. The second-order valence-corrected chi connectivity index (χ2v) is 7.92. The quantitative estimate of drug-likeness (QED) is 0.268. The van der Waals surface area contributed by atoms with Gasteiger partial charge in [-0.05, 0) is 33.5 Å². The van der Waals surface area contributed by atoms with E-state index in [4.69, 9.17) is 9.47 Å². The normalized spacial score (nSPS) is 11.6. The van der Waals surface area contributed by atoms with Crippen molar-refractivity contribution in [2.24, 2.45) is 5.41 Å². The molecule has 166 valence electrons. The molecule has 0 saturated carbocycles. The third-order valence-electron chi connectivity index (χ3n) is 4.72. The number of rotatable bonds is 18. The molecule has 0 bridgehead atoms. The summed E-state index contributed by atoms with van der Waals surface area (Å²) in [7, 11) is 3.85. The number of carbonyl (C=O) groups excluding carboxylic acids is 2. The smallest absolute Gasteiger partial charge is 0.305 e. The highest BCUT2D eigenvalue weighted by Gasteiger charge is 2.32. The van der Waals surface area contributed by atoms with Gasteiger partial charge >= 0.3 is 11.9 Å². The van der Waals surface area contributed by atoms with E-state index in [-0.39, 0.29) is 31.6 Å². The zero-order valence-corrected chi connectivity index (χ0v) is 18.1. The lowest BCUT2D eigenvalue weighted by molar-refractivity contribution is -0.159. The summed E-state index contributed by atoms with van der Waals surface area (Å²) >= 11 is 0. The zero-order valence-electron chi connectivity index (χ0n) is 18.1. The second-order valence-electron chi connectivity index (χ2n) is 7.92. The molecule has 0 amide bonds. The van der Waals surface area contributed by atoms with Crippen molar-refractivity contribution in [1.82, 2.24) is 4.90 Å². The van der Waals surface area contributed by atoms with Gasteiger partial charge in [0.2, 0.25) is 0 Å². The number of aliphatic hydroxyl groups is 2. The molecular weight excluding hydrogens is 362 g/mol. The van der Waals surface area contributed by atoms with Crippen LogP contribution in [0.3, 0.4) is 0 Å². The molecule has 0 aliphatic rings. The Morgan fingerprint density at radius 1 is 0.786 bits per heavy atom. The van der Waals surface area contributed by atoms with Gasteiger partial charge < -0.3 is 24.6 Å². The first kappa shape index (κ1) is 26.8. The lowest BCUT2D eigenvalue weighted by Gasteiger charge is -2.28. The number of hydrogen-bond acceptors (Lipinski definition) is 7. The number of hydrogen-bond donors (Lipinski definition) is 2. The number of carbonyl (C=O) groups is 2. The molecule has 0 aromatic rings. The maximum Gasteiger partial charge on any atom is 0.305 e. The Labute approximate surface area is 170 Å². The lowest BCUT2D eigenvalue weighted by Crippen LogP contribution is -2.41. The summed E-state index contributed by atoms with van der Waals surface area (Å²) in [6.45, 7) is 1.75. The summed E-state index contributed by atoms with van der Waals surface area (Å²) in [6.07, 6.45) is 9.06. The molecular formula is C21H41NO6. The predicted octanol–water partition coefficient (Wildman–Crippen LogP) is 2.53. The highest BCUT2D eigenvalue weighted by Crippen LogP contribution is 2.18. The molecule has 0 aliphatic carbocycles. The summed E-state index contributed by atoms with van der Waals surface area (Å²) in [6, 6.07) is 0. The average molecular weight is 404 g/mol. The Hall–Kier alpha value is -1.18. The van der Waals surface area contributed by atoms with Gasteiger partial charge in [-0.25, -0.2) is 0 Å². The van der Waals surface area contributed by atoms with Crippen molar-refractivity contribution in [3.8, 4) is 0 Å². The minimum atomic E-state index is -1.16. The standard InChI is InChI=1S/C21H41NO6/c1-4-5-6-7-8-9-10-12-19(25)27-17-21(15-23,16-24)18-28-20(26)13-11-14-22(2)3/h23-24H,4-18H2,1-3H3. The van der Waals surface area contributed by atoms with E-state index in [9.17, 15) is 19.8 Å². The van der Waals surface area contributed by atoms with Gasteiger partial charge in [-0.15, -0.1) is 0 Å². The van der Waals surface area contributed by atoms with Crippen LogP contribution >= 0.6 is 0 Å². The fourth-order valence-electron chi connectivity index (χ4n) is 2.65. The number of aliphatic hydroxyl groups excluding tert-OH is 2. The molecule has 0 saturated heterocycles. The van der Waals surface area contributed by atoms with Gasteiger partial charge in [0.15, 0.2) is 0 Å². The van der Waals surface area contributed by atoms with Crippen molar-refractivity contribution in [3.63, 3.8) is 0 Å². The van der Waals surface area contributed by atoms with Crippen molar-refractivity contribution >= 4 is 11.9 Å². The molecule has 0 aliphatic heterocycles. The number of nitrogens with zero attached hydrogens (tertiary/aromatic N) is 1. The topological polar surface area (TPSA) is 96.3 Å². The molecule has 0 aromatic heterocycles. The molecule has 7 heteroatoms. The minimum Gasteiger partial charge on any atom is -0.465 e. The Morgan fingerprint density at radius 2 is 1.25 bits per heavy atom. The first-order valence-corrected chi connectivity index (χ1v) is 10.6. The van der Waals surface area contributed by atoms with Crippen LogP contribution in [0.2, 0.25) is 0 Å². The summed E-state index contributed by atoms with van der Waals surface area (Å²) in [5.41, 5.74) is -1.16. The van der Waals surface area contributed by atoms with E-state index in [0.717, 1.165) is 25.8 Å². The predicted molar refractivity (Wildman–Crippen MR) is 109 cm³/mol. The molecule has 2 N–H and O–H groups in total. The van der Waals surface area contributed by atoms with Gasteiger partial charge in [0.25, 0.3) is 0 Å². The van der Waals surface area contributed by atoms with Gasteiger partial charge in [-0.3, -0.25) is 9.59 Å². The zero-order chi connectivity index (χ0) is 21.3. The van der Waals surface area contributed by atoms with E-state index in [1.54, 1.807) is 0 Å². The van der Waals surface area contributed by atoms with Crippen molar-refractivity contribution < 1.29 is 29.3 Å². The third-order valence-corrected chi connectivity index (χ3v) is 4.72. The molecule has 0 atom stereocenters. The molecule has 0 spiro atoms. The molecule has 0 fully saturated rings. The number of ether oxygens (including phenoxy) is 2. The Kier molecular flexibility index (Phi) is 16.0. The van der Waals surface area contributed by atoms with Crippen LogP contribution in [0.15, 0.2) is 0 Å². The monoisotopic (exact) mass is 403 g/mol. The van der Waals surface area contributed by atoms with E-state index in [1.807, 2.05) is 19.0 Å². The van der Waals surface area contributed by atoms with Crippen molar-refractivity contribution in [3.05, 3.63) is 0 Å². The lowest BCUT2D eigenvalue weighted by atomic mass is 9.92. The van der Waals surface area contributed by atoms with Gasteiger partial charge in [-0.2, -0.15) is 0 Å². The Bertz CT molecular complexity index is 410. The Morgan fingerprint density at radius 3 is 1.71 bits per heavy atom. The van der Waals surface area contributed by atoms with Gasteiger partial charge in [0.05, 0.1) is 18.6 Å². The van der Waals surface area contributed by atoms with E-state index in [2.05, 4.69) is 6.92 Å². The van der Waals surface area contributed by atoms with E-state index in [1.165, 1.54) is 25.7 Å². The minimum absolute atomic E-state index is 0.166. The van der Waals surface area contributed by atoms with Crippen molar-refractivity contribution in [2.75, 3.05) is 47.1 Å². The summed E-state index contributed by atoms with van der Waals surface area (Å²) in [4.78, 5) is 25.7. The SMILES string of the molecule is CCCCCCCCCC(=O)OCC(CO)(CO)COC(=O)CCCN(C)C. The van der Waals surface area contributed by atoms with Crippen LogP contribution in [-0.2, 0) is 19.1 Å². The van der Waals surface area contributed by atoms with Crippen LogP contribution in [0.25, 0.3) is 0 Å². The average Bonchev–Trinajstić information content (AvgIpc) is 2.67. The third kappa shape index (κ3) is 13.9. The maximum absolute atomic E-state index is 11.9. The van der Waals surface area contributed by atoms with Crippen molar-refractivity contribution in [1.29, 1.82) is 0 Å². The first-order chi connectivity index (χ1) is 13.4. The molecule has 0 radical (unpaired) electrons. The fraction of sp³-hybridized carbons (Fsp3) is 0.905. The summed E-state index contributed by atoms with van der Waals surface area (Å²) < 4.78 is 10.4. The van der Waals surface area contributed by atoms with Gasteiger partial charge in [-0.1, -0.05) is 45.4 Å². The van der Waals surface area contributed by atoms with E-state index in [0.29, 0.717) is 12.8 Å². The van der Waals surface area contributed by atoms with Gasteiger partial charge in [0, 0.05) is 12.8 Å². The van der Waals surface area contributed by atoms with E-state index < -0.39 is 18.6 Å². The van der Waals surface area contributed by atoms with Crippen LogP contribution in [0, 0.1) is 5.41 Å². The van der Waals surface area contributed by atoms with Gasteiger partial charge in [0.1, 0.15) is 13.2 Å². The second kappa shape index (κ2) is 16.7. The van der Waals surface area contributed by atoms with Crippen LogP contribution in [-0.4, -0.2) is 74.1 Å². The van der Waals surface area contributed by atoms with Crippen LogP contribution in [0.5, 0.6) is 0 Å². The molecule has 0 unspecified atom stereocenters. The summed E-state index contributed by atoms with van der Waals surface area (Å²) in [5.74, 6) is -0.736. The van der Waals surface area contributed by atoms with Crippen LogP contribution in [0.1, 0.15) is 71.1 Å². The Balaban J connectivity index is 4.09. The molecule has 28 heavy (non-hydrogen) atoms. The highest BCUT2D eigenvalue weighted by molar-refractivity contribution is 5.69. The molecule has 0 aromatic carbocycles. The van der Waals surface area contributed by atoms with Crippen LogP contribution < -0.4 is 0 Å². The van der Waals surface area contributed by atoms with Crippen LogP contribution in [0.4, 0.5) is 0 Å². The number of unbranched alkanes of at least 4 members (excludes halogenated alkanes) is 6. The molecule has 7 nitrogen and oxygen atoms in total. The largest absolute Gasteiger partial charge is 0.465 e. The number of esters is 2. The van der Waals surface area contributed by atoms with Crippen molar-refractivity contribution in [2.45, 2.75) is 71.1 Å². The molecule has 0 heterocycles. The first-order valence-electron chi connectivity index (χ1n) is 10.6. The highest BCUT2D eigenvalue weighted by atomic mass is 16.5. The molecule has 0 rings (SSSR count). The maximum atomic E-state index is 11.9. The summed E-state index contributed by atoms with van der Waals surface area (Å²) in [5, 5.41) is 19.2. The van der Waals surface area contributed by atoms with E-state index >= 15 is 0 Å².